The van der Waals surface area contributed by atoms with Crippen molar-refractivity contribution in [3.8, 4) is 0 Å². The second-order valence-electron chi connectivity index (χ2n) is 8.19. The number of fused-ring (bicyclic) bond motifs is 1. The highest BCUT2D eigenvalue weighted by molar-refractivity contribution is 6.33. The van der Waals surface area contributed by atoms with E-state index >= 15 is 0 Å². The van der Waals surface area contributed by atoms with Gasteiger partial charge < -0.3 is 19.9 Å². The monoisotopic (exact) mass is 451 g/mol. The number of amides is 1. The lowest BCUT2D eigenvalue weighted by molar-refractivity contribution is 0.0854. The third kappa shape index (κ3) is 4.23. The Morgan fingerprint density at radius 3 is 2.47 bits per heavy atom. The lowest BCUT2D eigenvalue weighted by atomic mass is 10.1. The molecule has 2 aliphatic heterocycles. The van der Waals surface area contributed by atoms with Crippen molar-refractivity contribution in [1.29, 1.82) is 0 Å². The fourth-order valence-corrected chi connectivity index (χ4v) is 4.71. The Kier molecular flexibility index (Phi) is 6.10. The minimum absolute atomic E-state index is 0.0897. The van der Waals surface area contributed by atoms with Crippen LogP contribution < -0.4 is 15.1 Å². The number of halogens is 1. The van der Waals surface area contributed by atoms with Crippen LogP contribution in [0.1, 0.15) is 23.3 Å². The first kappa shape index (κ1) is 21.0. The zero-order valence-corrected chi connectivity index (χ0v) is 18.6. The lowest BCUT2D eigenvalue weighted by Crippen LogP contribution is -2.47. The van der Waals surface area contributed by atoms with E-state index in [1.54, 1.807) is 0 Å². The van der Waals surface area contributed by atoms with E-state index < -0.39 is 0 Å². The third-order valence-electron chi connectivity index (χ3n) is 6.17. The highest BCUT2D eigenvalue weighted by Gasteiger charge is 2.24. The maximum Gasteiger partial charge on any atom is 0.272 e. The Morgan fingerprint density at radius 2 is 1.72 bits per heavy atom. The van der Waals surface area contributed by atoms with Gasteiger partial charge in [0.05, 0.1) is 16.8 Å². The van der Waals surface area contributed by atoms with E-state index in [0.717, 1.165) is 72.9 Å². The fraction of sp³-hybridized carbons (Fsp3) is 0.375. The van der Waals surface area contributed by atoms with Gasteiger partial charge in [0.25, 0.3) is 5.91 Å². The molecule has 0 aliphatic carbocycles. The smallest absolute Gasteiger partial charge is 0.272 e. The van der Waals surface area contributed by atoms with Crippen molar-refractivity contribution < 1.29 is 9.53 Å². The summed E-state index contributed by atoms with van der Waals surface area (Å²) in [5.74, 6) is 0.606. The molecule has 2 saturated heterocycles. The normalized spacial score (nSPS) is 18.8. The Hall–Kier alpha value is -2.90. The van der Waals surface area contributed by atoms with Gasteiger partial charge in [-0.2, -0.15) is 0 Å². The number of anilines is 2. The van der Waals surface area contributed by atoms with E-state index in [0.29, 0.717) is 12.2 Å². The molecule has 2 aromatic carbocycles. The zero-order chi connectivity index (χ0) is 21.9. The first-order valence-corrected chi connectivity index (χ1v) is 11.5. The van der Waals surface area contributed by atoms with Gasteiger partial charge in [0.15, 0.2) is 11.5 Å². The summed E-state index contributed by atoms with van der Waals surface area (Å²) in [7, 11) is 0. The minimum atomic E-state index is -0.209. The van der Waals surface area contributed by atoms with Crippen LogP contribution in [0.3, 0.4) is 0 Å². The van der Waals surface area contributed by atoms with Gasteiger partial charge in [0, 0.05) is 50.1 Å². The molecule has 3 heterocycles. The second kappa shape index (κ2) is 9.30. The zero-order valence-electron chi connectivity index (χ0n) is 17.8. The Morgan fingerprint density at radius 1 is 1.00 bits per heavy atom. The molecular weight excluding hydrogens is 426 g/mol. The molecule has 7 nitrogen and oxygen atoms in total. The van der Waals surface area contributed by atoms with Crippen molar-refractivity contribution in [2.24, 2.45) is 0 Å². The number of carbonyl (C=O) groups excluding carboxylic acids is 1. The molecule has 1 N–H and O–H groups in total. The standard InChI is InChI=1S/C24H26ClN5O2/c25-20-9-3-4-10-21(20)29-11-13-30(14-12-29)23-19-8-2-1-7-18(19)22(27-28-23)24(31)26-16-17-6-5-15-32-17/h1-4,7-10,17H,5-6,11-16H2,(H,26,31). The van der Waals surface area contributed by atoms with Crippen LogP contribution >= 0.6 is 11.6 Å². The van der Waals surface area contributed by atoms with Gasteiger partial charge in [0.1, 0.15) is 0 Å². The molecule has 1 amide bonds. The van der Waals surface area contributed by atoms with Crippen LogP contribution in [-0.4, -0.2) is 61.5 Å². The van der Waals surface area contributed by atoms with Crippen molar-refractivity contribution in [3.05, 3.63) is 59.2 Å². The van der Waals surface area contributed by atoms with Crippen molar-refractivity contribution >= 4 is 39.8 Å². The van der Waals surface area contributed by atoms with Gasteiger partial charge in [-0.15, -0.1) is 10.2 Å². The molecule has 0 radical (unpaired) electrons. The van der Waals surface area contributed by atoms with Crippen molar-refractivity contribution in [3.63, 3.8) is 0 Å². The van der Waals surface area contributed by atoms with Gasteiger partial charge in [-0.3, -0.25) is 4.79 Å². The van der Waals surface area contributed by atoms with Gasteiger partial charge >= 0.3 is 0 Å². The van der Waals surface area contributed by atoms with Gasteiger partial charge in [-0.1, -0.05) is 48.0 Å². The Labute approximate surface area is 192 Å². The number of carbonyl (C=O) groups is 1. The average molecular weight is 452 g/mol. The quantitative estimate of drug-likeness (QED) is 0.640. The molecule has 1 unspecified atom stereocenters. The van der Waals surface area contributed by atoms with Crippen molar-refractivity contribution in [2.45, 2.75) is 18.9 Å². The summed E-state index contributed by atoms with van der Waals surface area (Å²) in [6.07, 6.45) is 2.11. The van der Waals surface area contributed by atoms with Crippen LogP contribution in [0.4, 0.5) is 11.5 Å². The average Bonchev–Trinajstić information content (AvgIpc) is 3.36. The van der Waals surface area contributed by atoms with E-state index in [1.165, 1.54) is 0 Å². The van der Waals surface area contributed by atoms with Crippen molar-refractivity contribution in [2.75, 3.05) is 49.1 Å². The third-order valence-corrected chi connectivity index (χ3v) is 6.49. The molecule has 0 bridgehead atoms. The summed E-state index contributed by atoms with van der Waals surface area (Å²) in [5, 5.41) is 14.3. The Balaban J connectivity index is 1.34. The number of hydrogen-bond acceptors (Lipinski definition) is 6. The molecule has 1 aromatic heterocycles. The minimum Gasteiger partial charge on any atom is -0.376 e. The lowest BCUT2D eigenvalue weighted by Gasteiger charge is -2.37. The highest BCUT2D eigenvalue weighted by Crippen LogP contribution is 2.30. The predicted molar refractivity (Wildman–Crippen MR) is 127 cm³/mol. The van der Waals surface area contributed by atoms with E-state index in [9.17, 15) is 4.79 Å². The largest absolute Gasteiger partial charge is 0.376 e. The van der Waals surface area contributed by atoms with E-state index in [2.05, 4.69) is 31.4 Å². The summed E-state index contributed by atoms with van der Waals surface area (Å²) in [6.45, 7) is 4.54. The Bertz CT molecular complexity index is 1110. The second-order valence-corrected chi connectivity index (χ2v) is 8.60. The number of ether oxygens (including phenoxy) is 1. The van der Waals surface area contributed by atoms with Crippen LogP contribution in [-0.2, 0) is 4.74 Å². The number of piperazine rings is 1. The fourth-order valence-electron chi connectivity index (χ4n) is 4.45. The number of aromatic nitrogens is 2. The number of para-hydroxylation sites is 1. The number of rotatable bonds is 5. The van der Waals surface area contributed by atoms with E-state index in [-0.39, 0.29) is 12.0 Å². The maximum absolute atomic E-state index is 12.8. The predicted octanol–water partition coefficient (Wildman–Crippen LogP) is 3.52. The van der Waals surface area contributed by atoms with Crippen LogP contribution in [0, 0.1) is 0 Å². The summed E-state index contributed by atoms with van der Waals surface area (Å²) < 4.78 is 5.60. The molecule has 166 valence electrons. The van der Waals surface area contributed by atoms with Crippen LogP contribution in [0.5, 0.6) is 0 Å². The van der Waals surface area contributed by atoms with E-state index in [4.69, 9.17) is 16.3 Å². The SMILES string of the molecule is O=C(NCC1CCCO1)c1nnc(N2CCN(c3ccccc3Cl)CC2)c2ccccc12. The summed E-state index contributed by atoms with van der Waals surface area (Å²) in [6, 6.07) is 15.8. The molecule has 8 heteroatoms. The highest BCUT2D eigenvalue weighted by atomic mass is 35.5. The molecule has 0 spiro atoms. The first-order chi connectivity index (χ1) is 15.7. The molecule has 2 aliphatic rings. The maximum atomic E-state index is 12.8. The number of nitrogens with zero attached hydrogens (tertiary/aromatic N) is 4. The topological polar surface area (TPSA) is 70.6 Å². The van der Waals surface area contributed by atoms with Gasteiger partial charge in [0.2, 0.25) is 0 Å². The molecule has 32 heavy (non-hydrogen) atoms. The summed E-state index contributed by atoms with van der Waals surface area (Å²) in [5.41, 5.74) is 1.42. The molecule has 2 fully saturated rings. The number of benzene rings is 2. The molecule has 5 rings (SSSR count). The van der Waals surface area contributed by atoms with Crippen LogP contribution in [0.15, 0.2) is 48.5 Å². The van der Waals surface area contributed by atoms with Gasteiger partial charge in [-0.05, 0) is 25.0 Å². The number of hydrogen-bond donors (Lipinski definition) is 1. The molecule has 3 aromatic rings. The van der Waals surface area contributed by atoms with Crippen LogP contribution in [0.25, 0.3) is 10.8 Å². The summed E-state index contributed by atoms with van der Waals surface area (Å²) >= 11 is 6.38. The molecule has 1 atom stereocenters. The molecule has 0 saturated carbocycles. The number of nitrogens with one attached hydrogen (secondary N) is 1. The summed E-state index contributed by atoms with van der Waals surface area (Å²) in [4.78, 5) is 17.4. The van der Waals surface area contributed by atoms with Crippen molar-refractivity contribution in [1.82, 2.24) is 15.5 Å². The van der Waals surface area contributed by atoms with Crippen LogP contribution in [0.2, 0.25) is 5.02 Å². The van der Waals surface area contributed by atoms with E-state index in [1.807, 2.05) is 42.5 Å². The van der Waals surface area contributed by atoms with Gasteiger partial charge in [-0.25, -0.2) is 0 Å². The first-order valence-electron chi connectivity index (χ1n) is 11.1. The molecular formula is C24H26ClN5O2.